The summed E-state index contributed by atoms with van der Waals surface area (Å²) in [6.45, 7) is 3.28. The molecule has 2 aromatic carbocycles. The van der Waals surface area contributed by atoms with Crippen LogP contribution in [0.5, 0.6) is 11.5 Å². The average molecular weight is 414 g/mol. The first-order chi connectivity index (χ1) is 13.7. The van der Waals surface area contributed by atoms with Gasteiger partial charge in [0.1, 0.15) is 13.2 Å². The molecule has 1 aliphatic heterocycles. The van der Waals surface area contributed by atoms with Gasteiger partial charge in [0.25, 0.3) is 0 Å². The molecule has 0 saturated carbocycles. The topological polar surface area (TPSA) is 73.3 Å². The van der Waals surface area contributed by atoms with E-state index in [9.17, 15) is 4.79 Å². The lowest BCUT2D eigenvalue weighted by atomic mass is 10.1. The summed E-state index contributed by atoms with van der Waals surface area (Å²) in [5, 5.41) is 12.0. The zero-order chi connectivity index (χ0) is 19.3. The van der Waals surface area contributed by atoms with Gasteiger partial charge in [0, 0.05) is 11.3 Å². The predicted octanol–water partition coefficient (Wildman–Crippen LogP) is 4.20. The maximum absolute atomic E-state index is 12.5. The summed E-state index contributed by atoms with van der Waals surface area (Å²) in [6.07, 6.45) is 0. The van der Waals surface area contributed by atoms with Crippen molar-refractivity contribution in [3.63, 3.8) is 0 Å². The van der Waals surface area contributed by atoms with Crippen molar-refractivity contribution in [3.8, 4) is 11.5 Å². The molecule has 0 saturated heterocycles. The summed E-state index contributed by atoms with van der Waals surface area (Å²) in [5.74, 6) is 2.09. The van der Waals surface area contributed by atoms with E-state index in [1.54, 1.807) is 30.0 Å². The zero-order valence-electron chi connectivity index (χ0n) is 15.3. The highest BCUT2D eigenvalue weighted by molar-refractivity contribution is 8.00. The fourth-order valence-corrected chi connectivity index (χ4v) is 4.55. The zero-order valence-corrected chi connectivity index (χ0v) is 16.9. The largest absolute Gasteiger partial charge is 0.486 e. The molecule has 8 heteroatoms. The van der Waals surface area contributed by atoms with Gasteiger partial charge >= 0.3 is 0 Å². The number of thioether (sulfide) groups is 1. The predicted molar refractivity (Wildman–Crippen MR) is 111 cm³/mol. The van der Waals surface area contributed by atoms with Gasteiger partial charge in [0.2, 0.25) is 5.13 Å². The molecule has 3 aromatic rings. The number of aryl methyl sites for hydroxylation is 1. The van der Waals surface area contributed by atoms with E-state index in [4.69, 9.17) is 9.47 Å². The van der Waals surface area contributed by atoms with Crippen molar-refractivity contribution >= 4 is 34.0 Å². The van der Waals surface area contributed by atoms with Gasteiger partial charge < -0.3 is 14.8 Å². The normalized spacial score (nSPS) is 12.6. The lowest BCUT2D eigenvalue weighted by Gasteiger charge is -2.18. The molecule has 0 fully saturated rings. The molecule has 0 radical (unpaired) electrons. The van der Waals surface area contributed by atoms with Crippen LogP contribution in [0, 0.1) is 6.92 Å². The summed E-state index contributed by atoms with van der Waals surface area (Å²) in [5.41, 5.74) is 3.13. The van der Waals surface area contributed by atoms with E-state index in [-0.39, 0.29) is 12.3 Å². The van der Waals surface area contributed by atoms with Crippen LogP contribution in [-0.4, -0.2) is 35.7 Å². The minimum absolute atomic E-state index is 0.0405. The lowest BCUT2D eigenvalue weighted by Crippen LogP contribution is -2.17. The SMILES string of the molecule is Cc1ccccc1CSc1nnc(NCC(=O)c2ccc3c(c2)OCCO3)s1. The molecule has 0 bridgehead atoms. The number of Topliss-reactive ketones (excluding diaryl/α,β-unsaturated/α-hetero) is 1. The summed E-state index contributed by atoms with van der Waals surface area (Å²) >= 11 is 3.09. The van der Waals surface area contributed by atoms with Crippen molar-refractivity contribution in [1.29, 1.82) is 0 Å². The molecule has 28 heavy (non-hydrogen) atoms. The first-order valence-corrected chi connectivity index (χ1v) is 10.7. The number of rotatable bonds is 7. The molecule has 0 amide bonds. The van der Waals surface area contributed by atoms with E-state index in [1.807, 2.05) is 12.1 Å². The molecule has 1 aliphatic rings. The maximum atomic E-state index is 12.5. The Morgan fingerprint density at radius 2 is 1.96 bits per heavy atom. The molecule has 0 aliphatic carbocycles. The Morgan fingerprint density at radius 3 is 2.82 bits per heavy atom. The Hall–Kier alpha value is -2.58. The second-order valence-corrected chi connectivity index (χ2v) is 8.42. The average Bonchev–Trinajstić information content (AvgIpc) is 3.19. The molecule has 0 spiro atoms. The number of ketones is 1. The minimum atomic E-state index is -0.0405. The lowest BCUT2D eigenvalue weighted by molar-refractivity contribution is 0.100. The standard InChI is InChI=1S/C20H19N3O3S2/c1-13-4-2-3-5-15(13)12-27-20-23-22-19(28-20)21-11-16(24)14-6-7-17-18(10-14)26-9-8-25-17/h2-7,10H,8-9,11-12H2,1H3,(H,21,22). The fraction of sp³-hybridized carbons (Fsp3) is 0.250. The highest BCUT2D eigenvalue weighted by Crippen LogP contribution is 2.31. The number of benzene rings is 2. The number of nitrogens with one attached hydrogen (secondary N) is 1. The van der Waals surface area contributed by atoms with Crippen LogP contribution in [0.15, 0.2) is 46.8 Å². The van der Waals surface area contributed by atoms with Gasteiger partial charge in [-0.05, 0) is 36.2 Å². The third kappa shape index (κ3) is 4.45. The Morgan fingerprint density at radius 1 is 1.14 bits per heavy atom. The van der Waals surface area contributed by atoms with E-state index >= 15 is 0 Å². The Bertz CT molecular complexity index is 990. The molecular formula is C20H19N3O3S2. The molecule has 144 valence electrons. The van der Waals surface area contributed by atoms with Crippen molar-refractivity contribution < 1.29 is 14.3 Å². The van der Waals surface area contributed by atoms with Crippen LogP contribution in [0.2, 0.25) is 0 Å². The third-order valence-electron chi connectivity index (χ3n) is 4.28. The Balaban J connectivity index is 1.32. The number of hydrogen-bond donors (Lipinski definition) is 1. The molecule has 4 rings (SSSR count). The molecule has 2 heterocycles. The van der Waals surface area contributed by atoms with Crippen LogP contribution >= 0.6 is 23.1 Å². The second kappa shape index (κ2) is 8.62. The number of ether oxygens (including phenoxy) is 2. The van der Waals surface area contributed by atoms with Crippen LogP contribution in [-0.2, 0) is 5.75 Å². The van der Waals surface area contributed by atoms with Crippen molar-refractivity contribution in [2.45, 2.75) is 17.0 Å². The van der Waals surface area contributed by atoms with Crippen LogP contribution in [0.3, 0.4) is 0 Å². The molecule has 6 nitrogen and oxygen atoms in total. The molecule has 1 N–H and O–H groups in total. The number of aromatic nitrogens is 2. The van der Waals surface area contributed by atoms with Gasteiger partial charge in [-0.15, -0.1) is 10.2 Å². The molecule has 0 unspecified atom stereocenters. The van der Waals surface area contributed by atoms with Gasteiger partial charge in [-0.1, -0.05) is 47.4 Å². The molecule has 1 aromatic heterocycles. The molecule has 0 atom stereocenters. The van der Waals surface area contributed by atoms with Gasteiger partial charge in [0.05, 0.1) is 6.54 Å². The van der Waals surface area contributed by atoms with Crippen molar-refractivity contribution in [1.82, 2.24) is 10.2 Å². The summed E-state index contributed by atoms with van der Waals surface area (Å²) in [4.78, 5) is 12.5. The van der Waals surface area contributed by atoms with Crippen LogP contribution in [0.1, 0.15) is 21.5 Å². The highest BCUT2D eigenvalue weighted by atomic mass is 32.2. The first-order valence-electron chi connectivity index (χ1n) is 8.86. The van der Waals surface area contributed by atoms with Crippen molar-refractivity contribution in [2.75, 3.05) is 25.1 Å². The van der Waals surface area contributed by atoms with Crippen LogP contribution < -0.4 is 14.8 Å². The van der Waals surface area contributed by atoms with Crippen molar-refractivity contribution in [2.24, 2.45) is 0 Å². The highest BCUT2D eigenvalue weighted by Gasteiger charge is 2.15. The fourth-order valence-electron chi connectivity index (χ4n) is 2.73. The third-order valence-corrected chi connectivity index (χ3v) is 6.35. The van der Waals surface area contributed by atoms with E-state index in [0.717, 1.165) is 10.1 Å². The summed E-state index contributed by atoms with van der Waals surface area (Å²) in [7, 11) is 0. The number of nitrogens with zero attached hydrogens (tertiary/aromatic N) is 2. The summed E-state index contributed by atoms with van der Waals surface area (Å²) in [6, 6.07) is 13.5. The Kier molecular flexibility index (Phi) is 5.78. The number of carbonyl (C=O) groups excluding carboxylic acids is 1. The number of carbonyl (C=O) groups is 1. The van der Waals surface area contributed by atoms with Gasteiger partial charge in [-0.25, -0.2) is 0 Å². The minimum Gasteiger partial charge on any atom is -0.486 e. The van der Waals surface area contributed by atoms with Gasteiger partial charge in [-0.3, -0.25) is 4.79 Å². The van der Waals surface area contributed by atoms with E-state index in [2.05, 4.69) is 34.6 Å². The first kappa shape index (κ1) is 18.8. The van der Waals surface area contributed by atoms with Gasteiger partial charge in [-0.2, -0.15) is 0 Å². The van der Waals surface area contributed by atoms with Crippen LogP contribution in [0.4, 0.5) is 5.13 Å². The monoisotopic (exact) mass is 413 g/mol. The Labute approximate surface area is 171 Å². The smallest absolute Gasteiger partial charge is 0.206 e. The molecular weight excluding hydrogens is 394 g/mol. The summed E-state index contributed by atoms with van der Waals surface area (Å²) < 4.78 is 11.9. The maximum Gasteiger partial charge on any atom is 0.206 e. The van der Waals surface area contributed by atoms with Crippen LogP contribution in [0.25, 0.3) is 0 Å². The van der Waals surface area contributed by atoms with Crippen molar-refractivity contribution in [3.05, 3.63) is 59.2 Å². The van der Waals surface area contributed by atoms with Gasteiger partial charge in [0.15, 0.2) is 21.6 Å². The number of anilines is 1. The second-order valence-electron chi connectivity index (χ2n) is 6.22. The quantitative estimate of drug-likeness (QED) is 0.459. The van der Waals surface area contributed by atoms with E-state index < -0.39 is 0 Å². The number of hydrogen-bond acceptors (Lipinski definition) is 8. The number of fused-ring (bicyclic) bond motifs is 1. The van der Waals surface area contributed by atoms with E-state index in [0.29, 0.717) is 35.4 Å². The van der Waals surface area contributed by atoms with E-state index in [1.165, 1.54) is 22.5 Å².